The number of esters is 1. The van der Waals surface area contributed by atoms with Crippen LogP contribution in [0.4, 0.5) is 14.9 Å². The fourth-order valence-corrected chi connectivity index (χ4v) is 3.90. The summed E-state index contributed by atoms with van der Waals surface area (Å²) in [4.78, 5) is 27.3. The number of halogens is 1. The van der Waals surface area contributed by atoms with E-state index in [9.17, 15) is 14.0 Å². The molecule has 2 aromatic rings. The Kier molecular flexibility index (Phi) is 7.35. The van der Waals surface area contributed by atoms with Crippen LogP contribution in [-0.4, -0.2) is 55.3 Å². The average molecular weight is 444 g/mol. The molecule has 3 rings (SSSR count). The standard InChI is InChI=1S/C24H30FN3O4/c1-5-32-22(29)24(2,3)28-14-20(16-6-12-19(31-4)13-7-16)21(15-28)27-23(30)26-18-10-8-17(25)9-11-18/h6-13,20-21H,5,14-15H2,1-4H3,(H2,26,27,30)/t20-,21+/m0/s1. The Bertz CT molecular complexity index is 931. The van der Waals surface area contributed by atoms with Crippen LogP contribution >= 0.6 is 0 Å². The molecule has 8 heteroatoms. The van der Waals surface area contributed by atoms with E-state index in [0.717, 1.165) is 11.3 Å². The van der Waals surface area contributed by atoms with Gasteiger partial charge in [0.25, 0.3) is 0 Å². The van der Waals surface area contributed by atoms with Gasteiger partial charge in [0.2, 0.25) is 0 Å². The molecule has 0 unspecified atom stereocenters. The number of urea groups is 1. The predicted molar refractivity (Wildman–Crippen MR) is 120 cm³/mol. The SMILES string of the molecule is CCOC(=O)C(C)(C)N1C[C@@H](NC(=O)Nc2ccc(F)cc2)[C@H](c2ccc(OC)cc2)C1. The van der Waals surface area contributed by atoms with Gasteiger partial charge < -0.3 is 20.1 Å². The molecule has 172 valence electrons. The van der Waals surface area contributed by atoms with Crippen LogP contribution < -0.4 is 15.4 Å². The Hall–Kier alpha value is -3.13. The number of nitrogens with one attached hydrogen (secondary N) is 2. The van der Waals surface area contributed by atoms with E-state index in [1.54, 1.807) is 14.0 Å². The van der Waals surface area contributed by atoms with Gasteiger partial charge in [-0.05, 0) is 62.7 Å². The summed E-state index contributed by atoms with van der Waals surface area (Å²) in [6, 6.07) is 12.6. The number of hydrogen-bond acceptors (Lipinski definition) is 5. The van der Waals surface area contributed by atoms with Crippen LogP contribution in [0, 0.1) is 5.82 Å². The zero-order valence-corrected chi connectivity index (χ0v) is 18.9. The molecule has 2 N–H and O–H groups in total. The second kappa shape index (κ2) is 9.99. The van der Waals surface area contributed by atoms with E-state index in [0.29, 0.717) is 25.4 Å². The predicted octanol–water partition coefficient (Wildman–Crippen LogP) is 3.77. The molecule has 0 bridgehead atoms. The van der Waals surface area contributed by atoms with Gasteiger partial charge in [-0.25, -0.2) is 9.18 Å². The molecule has 0 radical (unpaired) electrons. The summed E-state index contributed by atoms with van der Waals surface area (Å²) in [5.41, 5.74) is 0.677. The van der Waals surface area contributed by atoms with Gasteiger partial charge in [0, 0.05) is 24.7 Å². The van der Waals surface area contributed by atoms with E-state index in [4.69, 9.17) is 9.47 Å². The first-order valence-corrected chi connectivity index (χ1v) is 10.6. The number of hydrogen-bond donors (Lipinski definition) is 2. The molecule has 1 aliphatic heterocycles. The fourth-order valence-electron chi connectivity index (χ4n) is 3.90. The van der Waals surface area contributed by atoms with Crippen molar-refractivity contribution in [2.75, 3.05) is 32.1 Å². The Labute approximate surface area is 187 Å². The molecule has 32 heavy (non-hydrogen) atoms. The summed E-state index contributed by atoms with van der Waals surface area (Å²) in [5.74, 6) is 0.0237. The lowest BCUT2D eigenvalue weighted by Crippen LogP contribution is -2.51. The Morgan fingerprint density at radius 2 is 1.75 bits per heavy atom. The average Bonchev–Trinajstić information content (AvgIpc) is 3.20. The largest absolute Gasteiger partial charge is 0.497 e. The molecular formula is C24H30FN3O4. The normalized spacial score (nSPS) is 18.8. The molecule has 1 heterocycles. The summed E-state index contributed by atoms with van der Waals surface area (Å²) in [6.07, 6.45) is 0. The number of ether oxygens (including phenoxy) is 2. The Morgan fingerprint density at radius 3 is 2.34 bits per heavy atom. The van der Waals surface area contributed by atoms with Crippen molar-refractivity contribution in [1.29, 1.82) is 0 Å². The number of nitrogens with zero attached hydrogens (tertiary/aromatic N) is 1. The topological polar surface area (TPSA) is 79.9 Å². The van der Waals surface area contributed by atoms with Gasteiger partial charge in [0.05, 0.1) is 19.8 Å². The molecule has 2 aromatic carbocycles. The molecule has 1 saturated heterocycles. The Morgan fingerprint density at radius 1 is 1.09 bits per heavy atom. The number of amides is 2. The lowest BCUT2D eigenvalue weighted by molar-refractivity contribution is -0.155. The van der Waals surface area contributed by atoms with E-state index < -0.39 is 11.6 Å². The maximum Gasteiger partial charge on any atom is 0.325 e. The highest BCUT2D eigenvalue weighted by atomic mass is 19.1. The smallest absolute Gasteiger partial charge is 0.325 e. The first kappa shape index (κ1) is 23.5. The lowest BCUT2D eigenvalue weighted by atomic mass is 9.94. The molecule has 2 amide bonds. The summed E-state index contributed by atoms with van der Waals surface area (Å²) < 4.78 is 23.7. The van der Waals surface area contributed by atoms with Gasteiger partial charge in [-0.2, -0.15) is 0 Å². The third-order valence-corrected chi connectivity index (χ3v) is 5.85. The molecule has 0 aliphatic carbocycles. The lowest BCUT2D eigenvalue weighted by Gasteiger charge is -2.33. The van der Waals surface area contributed by atoms with Crippen molar-refractivity contribution in [3.8, 4) is 5.75 Å². The summed E-state index contributed by atoms with van der Waals surface area (Å²) >= 11 is 0. The second-order valence-corrected chi connectivity index (χ2v) is 8.28. The number of benzene rings is 2. The van der Waals surface area contributed by atoms with Crippen LogP contribution in [0.25, 0.3) is 0 Å². The third-order valence-electron chi connectivity index (χ3n) is 5.85. The number of carbonyl (C=O) groups excluding carboxylic acids is 2. The van der Waals surface area contributed by atoms with Crippen LogP contribution in [0.3, 0.4) is 0 Å². The first-order valence-electron chi connectivity index (χ1n) is 10.6. The number of carbonyl (C=O) groups is 2. The maximum atomic E-state index is 13.1. The van der Waals surface area contributed by atoms with Gasteiger partial charge in [-0.1, -0.05) is 12.1 Å². The highest BCUT2D eigenvalue weighted by Gasteiger charge is 2.45. The fraction of sp³-hybridized carbons (Fsp3) is 0.417. The van der Waals surface area contributed by atoms with Gasteiger partial charge in [0.1, 0.15) is 17.1 Å². The van der Waals surface area contributed by atoms with Crippen molar-refractivity contribution >= 4 is 17.7 Å². The van der Waals surface area contributed by atoms with E-state index in [1.165, 1.54) is 24.3 Å². The van der Waals surface area contributed by atoms with Gasteiger partial charge in [-0.15, -0.1) is 0 Å². The highest BCUT2D eigenvalue weighted by Crippen LogP contribution is 2.33. The van der Waals surface area contributed by atoms with E-state index >= 15 is 0 Å². The van der Waals surface area contributed by atoms with Gasteiger partial charge in [-0.3, -0.25) is 9.69 Å². The minimum Gasteiger partial charge on any atom is -0.497 e. The molecule has 2 atom stereocenters. The van der Waals surface area contributed by atoms with Crippen molar-refractivity contribution in [3.05, 3.63) is 59.9 Å². The zero-order valence-electron chi connectivity index (χ0n) is 18.9. The monoisotopic (exact) mass is 443 g/mol. The quantitative estimate of drug-likeness (QED) is 0.637. The zero-order chi connectivity index (χ0) is 23.3. The maximum absolute atomic E-state index is 13.1. The first-order chi connectivity index (χ1) is 15.2. The van der Waals surface area contributed by atoms with E-state index in [1.807, 2.05) is 43.0 Å². The molecule has 7 nitrogen and oxygen atoms in total. The molecule has 0 aromatic heterocycles. The summed E-state index contributed by atoms with van der Waals surface area (Å²) in [6.45, 7) is 6.79. The highest BCUT2D eigenvalue weighted by molar-refractivity contribution is 5.89. The van der Waals surface area contributed by atoms with Crippen LogP contribution in [-0.2, 0) is 9.53 Å². The molecule has 1 fully saturated rings. The minimum atomic E-state index is -0.843. The molecule has 1 aliphatic rings. The second-order valence-electron chi connectivity index (χ2n) is 8.28. The number of anilines is 1. The Balaban J connectivity index is 1.79. The molecule has 0 spiro atoms. The van der Waals surface area contributed by atoms with Crippen LogP contribution in [0.15, 0.2) is 48.5 Å². The van der Waals surface area contributed by atoms with Crippen LogP contribution in [0.5, 0.6) is 5.75 Å². The summed E-state index contributed by atoms with van der Waals surface area (Å²) in [5, 5.41) is 5.76. The molecule has 0 saturated carbocycles. The minimum absolute atomic E-state index is 0.0476. The van der Waals surface area contributed by atoms with Crippen LogP contribution in [0.2, 0.25) is 0 Å². The number of rotatable bonds is 7. The van der Waals surface area contributed by atoms with Crippen molar-refractivity contribution in [2.45, 2.75) is 38.3 Å². The number of methoxy groups -OCH3 is 1. The summed E-state index contributed by atoms with van der Waals surface area (Å²) in [7, 11) is 1.61. The molecular weight excluding hydrogens is 413 g/mol. The van der Waals surface area contributed by atoms with Crippen molar-refractivity contribution in [2.24, 2.45) is 0 Å². The van der Waals surface area contributed by atoms with Crippen LogP contribution in [0.1, 0.15) is 32.3 Å². The van der Waals surface area contributed by atoms with Crippen molar-refractivity contribution < 1.29 is 23.5 Å². The van der Waals surface area contributed by atoms with Gasteiger partial charge >= 0.3 is 12.0 Å². The van der Waals surface area contributed by atoms with Crippen molar-refractivity contribution in [1.82, 2.24) is 10.2 Å². The number of likely N-dealkylation sites (tertiary alicyclic amines) is 1. The van der Waals surface area contributed by atoms with E-state index in [-0.39, 0.29) is 23.7 Å². The van der Waals surface area contributed by atoms with Gasteiger partial charge in [0.15, 0.2) is 0 Å². The van der Waals surface area contributed by atoms with E-state index in [2.05, 4.69) is 10.6 Å². The third kappa shape index (κ3) is 5.37. The van der Waals surface area contributed by atoms with Crippen molar-refractivity contribution in [3.63, 3.8) is 0 Å².